The SMILES string of the molecule is CSCCC(N)c1nc(C(=O)NCCc2ccc(S(N)(=O)=O)cc2)cs1. The smallest absolute Gasteiger partial charge is 0.270 e. The van der Waals surface area contributed by atoms with Crippen LogP contribution in [0.3, 0.4) is 0 Å². The molecule has 0 aliphatic heterocycles. The summed E-state index contributed by atoms with van der Waals surface area (Å²) < 4.78 is 22.4. The molecule has 1 aromatic carbocycles. The first kappa shape index (κ1) is 20.8. The number of nitrogens with one attached hydrogen (secondary N) is 1. The number of carbonyl (C=O) groups is 1. The van der Waals surface area contributed by atoms with E-state index in [1.165, 1.54) is 23.5 Å². The molecule has 0 saturated carbocycles. The summed E-state index contributed by atoms with van der Waals surface area (Å²) in [5.74, 6) is 0.706. The Hall–Kier alpha value is -1.46. The number of amides is 1. The number of hydrogen-bond acceptors (Lipinski definition) is 7. The predicted octanol–water partition coefficient (Wildman–Crippen LogP) is 1.52. The molecule has 0 fully saturated rings. The molecule has 0 saturated heterocycles. The molecule has 26 heavy (non-hydrogen) atoms. The van der Waals surface area contributed by atoms with E-state index in [1.807, 2.05) is 6.26 Å². The second-order valence-electron chi connectivity index (χ2n) is 5.65. The molecule has 10 heteroatoms. The fourth-order valence-electron chi connectivity index (χ4n) is 2.19. The van der Waals surface area contributed by atoms with Crippen molar-refractivity contribution in [1.82, 2.24) is 10.3 Å². The van der Waals surface area contributed by atoms with Crippen molar-refractivity contribution in [3.8, 4) is 0 Å². The van der Waals surface area contributed by atoms with Crippen molar-refractivity contribution < 1.29 is 13.2 Å². The molecule has 1 atom stereocenters. The van der Waals surface area contributed by atoms with Crippen LogP contribution in [0.1, 0.15) is 33.5 Å². The number of thioether (sulfide) groups is 1. The minimum Gasteiger partial charge on any atom is -0.350 e. The van der Waals surface area contributed by atoms with Crippen LogP contribution in [-0.4, -0.2) is 37.9 Å². The number of aromatic nitrogens is 1. The van der Waals surface area contributed by atoms with Gasteiger partial charge in [-0.3, -0.25) is 4.79 Å². The van der Waals surface area contributed by atoms with Crippen LogP contribution >= 0.6 is 23.1 Å². The van der Waals surface area contributed by atoms with Crippen molar-refractivity contribution in [2.24, 2.45) is 10.9 Å². The van der Waals surface area contributed by atoms with E-state index in [-0.39, 0.29) is 16.8 Å². The second-order valence-corrected chi connectivity index (χ2v) is 9.09. The summed E-state index contributed by atoms with van der Waals surface area (Å²) in [6.45, 7) is 0.416. The summed E-state index contributed by atoms with van der Waals surface area (Å²) in [4.78, 5) is 16.5. The van der Waals surface area contributed by atoms with Gasteiger partial charge in [0.1, 0.15) is 10.7 Å². The van der Waals surface area contributed by atoms with Gasteiger partial charge in [-0.2, -0.15) is 11.8 Å². The van der Waals surface area contributed by atoms with Gasteiger partial charge in [-0.05, 0) is 42.5 Å². The molecular formula is C16H22N4O3S3. The number of sulfonamides is 1. The molecule has 1 unspecified atom stereocenters. The number of hydrogen-bond donors (Lipinski definition) is 3. The third-order valence-electron chi connectivity index (χ3n) is 3.66. The first-order chi connectivity index (χ1) is 12.3. The minimum atomic E-state index is -3.69. The van der Waals surface area contributed by atoms with E-state index >= 15 is 0 Å². The van der Waals surface area contributed by atoms with Gasteiger partial charge in [0.2, 0.25) is 10.0 Å². The molecule has 2 aromatic rings. The van der Waals surface area contributed by atoms with E-state index in [1.54, 1.807) is 29.3 Å². The lowest BCUT2D eigenvalue weighted by molar-refractivity contribution is 0.0949. The van der Waals surface area contributed by atoms with Gasteiger partial charge in [0.25, 0.3) is 5.91 Å². The summed E-state index contributed by atoms with van der Waals surface area (Å²) in [6, 6.07) is 6.12. The zero-order valence-electron chi connectivity index (χ0n) is 14.3. The van der Waals surface area contributed by atoms with E-state index in [2.05, 4.69) is 10.3 Å². The standard InChI is InChI=1S/C16H22N4O3S3/c1-24-9-7-13(17)16-20-14(10-25-16)15(21)19-8-6-11-2-4-12(5-3-11)26(18,22)23/h2-5,10,13H,6-9,17H2,1H3,(H,19,21)(H2,18,22,23). The molecule has 1 amide bonds. The number of rotatable bonds is 9. The zero-order chi connectivity index (χ0) is 19.2. The summed E-state index contributed by atoms with van der Waals surface area (Å²) in [6.07, 6.45) is 3.42. The molecule has 0 spiro atoms. The molecule has 0 radical (unpaired) electrons. The Morgan fingerprint density at radius 1 is 1.35 bits per heavy atom. The summed E-state index contributed by atoms with van der Waals surface area (Å²) in [7, 11) is -3.69. The van der Waals surface area contributed by atoms with Crippen LogP contribution in [0, 0.1) is 0 Å². The van der Waals surface area contributed by atoms with Gasteiger partial charge in [0, 0.05) is 11.9 Å². The van der Waals surface area contributed by atoms with Crippen LogP contribution in [-0.2, 0) is 16.4 Å². The lowest BCUT2D eigenvalue weighted by atomic mass is 10.1. The van der Waals surface area contributed by atoms with Crippen molar-refractivity contribution in [2.75, 3.05) is 18.6 Å². The molecule has 5 N–H and O–H groups in total. The topological polar surface area (TPSA) is 128 Å². The van der Waals surface area contributed by atoms with Crippen LogP contribution in [0.25, 0.3) is 0 Å². The number of nitrogens with zero attached hydrogens (tertiary/aromatic N) is 1. The highest BCUT2D eigenvalue weighted by atomic mass is 32.2. The Balaban J connectivity index is 1.84. The third-order valence-corrected chi connectivity index (χ3v) is 6.21. The number of nitrogens with two attached hydrogens (primary N) is 2. The van der Waals surface area contributed by atoms with Gasteiger partial charge in [-0.1, -0.05) is 12.1 Å². The molecule has 7 nitrogen and oxygen atoms in total. The number of primary sulfonamides is 1. The van der Waals surface area contributed by atoms with E-state index in [4.69, 9.17) is 10.9 Å². The van der Waals surface area contributed by atoms with Gasteiger partial charge in [-0.25, -0.2) is 18.5 Å². The van der Waals surface area contributed by atoms with Crippen molar-refractivity contribution in [1.29, 1.82) is 0 Å². The Kier molecular flexibility index (Phi) is 7.59. The lowest BCUT2D eigenvalue weighted by Gasteiger charge is -2.06. The first-order valence-corrected chi connectivity index (χ1v) is 11.7. The molecule has 2 rings (SSSR count). The van der Waals surface area contributed by atoms with E-state index in [0.717, 1.165) is 22.7 Å². The van der Waals surface area contributed by atoms with Crippen molar-refractivity contribution in [3.63, 3.8) is 0 Å². The van der Waals surface area contributed by atoms with E-state index in [0.29, 0.717) is 18.7 Å². The van der Waals surface area contributed by atoms with Crippen molar-refractivity contribution >= 4 is 39.0 Å². The van der Waals surface area contributed by atoms with Gasteiger partial charge in [0.15, 0.2) is 0 Å². The second kappa shape index (κ2) is 9.47. The molecular weight excluding hydrogens is 392 g/mol. The average molecular weight is 415 g/mol. The Morgan fingerprint density at radius 2 is 2.04 bits per heavy atom. The molecule has 0 bridgehead atoms. The summed E-state index contributed by atoms with van der Waals surface area (Å²) in [5, 5.41) is 10.3. The highest BCUT2D eigenvalue weighted by Gasteiger charge is 2.15. The fourth-order valence-corrected chi connectivity index (χ4v) is 4.03. The fraction of sp³-hybridized carbons (Fsp3) is 0.375. The Bertz CT molecular complexity index is 835. The quantitative estimate of drug-likeness (QED) is 0.571. The van der Waals surface area contributed by atoms with Crippen LogP contribution in [0.2, 0.25) is 0 Å². The lowest BCUT2D eigenvalue weighted by Crippen LogP contribution is -2.26. The monoisotopic (exact) mass is 414 g/mol. The van der Waals surface area contributed by atoms with Crippen molar-refractivity contribution in [3.05, 3.63) is 45.9 Å². The van der Waals surface area contributed by atoms with Crippen LogP contribution < -0.4 is 16.2 Å². The molecule has 142 valence electrons. The van der Waals surface area contributed by atoms with E-state index < -0.39 is 10.0 Å². The maximum absolute atomic E-state index is 12.2. The first-order valence-electron chi connectivity index (χ1n) is 7.91. The summed E-state index contributed by atoms with van der Waals surface area (Å²) >= 11 is 3.12. The van der Waals surface area contributed by atoms with Gasteiger partial charge >= 0.3 is 0 Å². The maximum Gasteiger partial charge on any atom is 0.270 e. The minimum absolute atomic E-state index is 0.0677. The van der Waals surface area contributed by atoms with E-state index in [9.17, 15) is 13.2 Å². The largest absolute Gasteiger partial charge is 0.350 e. The zero-order valence-corrected chi connectivity index (χ0v) is 16.8. The predicted molar refractivity (Wildman–Crippen MR) is 106 cm³/mol. The molecule has 1 aromatic heterocycles. The normalized spacial score (nSPS) is 12.7. The molecule has 0 aliphatic carbocycles. The maximum atomic E-state index is 12.2. The summed E-state index contributed by atoms with van der Waals surface area (Å²) in [5.41, 5.74) is 7.33. The van der Waals surface area contributed by atoms with Gasteiger partial charge in [0.05, 0.1) is 10.9 Å². The highest BCUT2D eigenvalue weighted by molar-refractivity contribution is 7.98. The average Bonchev–Trinajstić information content (AvgIpc) is 3.09. The van der Waals surface area contributed by atoms with Crippen LogP contribution in [0.15, 0.2) is 34.5 Å². The number of benzene rings is 1. The van der Waals surface area contributed by atoms with Crippen LogP contribution in [0.4, 0.5) is 0 Å². The molecule has 0 aliphatic rings. The third kappa shape index (κ3) is 6.06. The van der Waals surface area contributed by atoms with Gasteiger partial charge < -0.3 is 11.1 Å². The Morgan fingerprint density at radius 3 is 2.65 bits per heavy atom. The van der Waals surface area contributed by atoms with Crippen molar-refractivity contribution in [2.45, 2.75) is 23.8 Å². The molecule has 1 heterocycles. The Labute approximate surface area is 161 Å². The highest BCUT2D eigenvalue weighted by Crippen LogP contribution is 2.20. The number of carbonyl (C=O) groups excluding carboxylic acids is 1. The van der Waals surface area contributed by atoms with Gasteiger partial charge in [-0.15, -0.1) is 11.3 Å². The van der Waals surface area contributed by atoms with Crippen LogP contribution in [0.5, 0.6) is 0 Å². The number of thiazole rings is 1.